The van der Waals surface area contributed by atoms with E-state index in [1.807, 2.05) is 24.7 Å². The predicted molar refractivity (Wildman–Crippen MR) is 101 cm³/mol. The summed E-state index contributed by atoms with van der Waals surface area (Å²) >= 11 is 0. The lowest BCUT2D eigenvalue weighted by atomic mass is 10.0. The molecule has 1 N–H and O–H groups in total. The first-order chi connectivity index (χ1) is 11.3. The first-order valence-electron chi connectivity index (χ1n) is 8.28. The molecule has 1 aliphatic rings. The van der Waals surface area contributed by atoms with Gasteiger partial charge in [-0.2, -0.15) is 0 Å². The lowest BCUT2D eigenvalue weighted by Crippen LogP contribution is -2.45. The highest BCUT2D eigenvalue weighted by Gasteiger charge is 2.23. The number of aromatic nitrogens is 2. The summed E-state index contributed by atoms with van der Waals surface area (Å²) in [5.74, 6) is 1.03. The first-order valence-corrected chi connectivity index (χ1v) is 8.28. The van der Waals surface area contributed by atoms with E-state index >= 15 is 0 Å². The van der Waals surface area contributed by atoms with Gasteiger partial charge in [-0.25, -0.2) is 4.98 Å². The molecular weight excluding hydrogens is 322 g/mol. The normalized spacial score (nSPS) is 18.0. The third kappa shape index (κ3) is 4.44. The Balaban J connectivity index is 0.00000208. The minimum atomic E-state index is 0. The molecule has 0 saturated carbocycles. The number of halogens is 1. The maximum atomic E-state index is 4.58. The molecule has 6 heteroatoms. The van der Waals surface area contributed by atoms with Crippen LogP contribution in [-0.4, -0.2) is 48.1 Å². The van der Waals surface area contributed by atoms with Gasteiger partial charge in [-0.1, -0.05) is 12.1 Å². The Labute approximate surface area is 150 Å². The average molecular weight is 348 g/mol. The third-order valence-corrected chi connectivity index (χ3v) is 4.48. The van der Waals surface area contributed by atoms with Crippen LogP contribution in [0, 0.1) is 0 Å². The van der Waals surface area contributed by atoms with Gasteiger partial charge in [0.2, 0.25) is 0 Å². The Kier molecular flexibility index (Phi) is 6.97. The molecule has 5 nitrogen and oxygen atoms in total. The van der Waals surface area contributed by atoms with E-state index in [0.717, 1.165) is 38.5 Å². The number of nitrogens with one attached hydrogen (secondary N) is 1. The zero-order valence-corrected chi connectivity index (χ0v) is 15.2. The summed E-state index contributed by atoms with van der Waals surface area (Å²) in [4.78, 5) is 13.5. The Morgan fingerprint density at radius 3 is 2.83 bits per heavy atom. The number of anilines is 1. The average Bonchev–Trinajstić information content (AvgIpc) is 2.63. The topological polar surface area (TPSA) is 44.3 Å². The van der Waals surface area contributed by atoms with Crippen LogP contribution >= 0.6 is 12.4 Å². The molecule has 1 saturated heterocycles. The van der Waals surface area contributed by atoms with Gasteiger partial charge in [0, 0.05) is 64.4 Å². The number of pyridine rings is 2. The standard InChI is InChI=1S/C18H25N5.ClH/c1-3-22(2)18-7-6-15(11-21-18)14-23-10-9-20-13-17(23)16-5-4-8-19-12-16;/h4-8,11-12,17,20H,3,9-10,13-14H2,1-2H3;1H. The molecule has 130 valence electrons. The summed E-state index contributed by atoms with van der Waals surface area (Å²) in [6.07, 6.45) is 5.81. The highest BCUT2D eigenvalue weighted by molar-refractivity contribution is 5.85. The van der Waals surface area contributed by atoms with Crippen LogP contribution in [0.25, 0.3) is 0 Å². The molecule has 3 heterocycles. The van der Waals surface area contributed by atoms with Crippen molar-refractivity contribution in [2.45, 2.75) is 19.5 Å². The molecule has 3 rings (SSSR count). The Morgan fingerprint density at radius 2 is 2.17 bits per heavy atom. The summed E-state index contributed by atoms with van der Waals surface area (Å²) in [6, 6.07) is 8.85. The largest absolute Gasteiger partial charge is 0.360 e. The fourth-order valence-corrected chi connectivity index (χ4v) is 2.97. The van der Waals surface area contributed by atoms with E-state index in [-0.39, 0.29) is 12.4 Å². The molecule has 0 aliphatic carbocycles. The van der Waals surface area contributed by atoms with Gasteiger partial charge in [0.1, 0.15) is 5.82 Å². The molecule has 0 radical (unpaired) electrons. The van der Waals surface area contributed by atoms with Gasteiger partial charge in [0.25, 0.3) is 0 Å². The van der Waals surface area contributed by atoms with E-state index in [9.17, 15) is 0 Å². The molecule has 1 fully saturated rings. The molecule has 0 aromatic carbocycles. The number of nitrogens with zero attached hydrogens (tertiary/aromatic N) is 4. The number of rotatable bonds is 5. The summed E-state index contributed by atoms with van der Waals surface area (Å²) in [5, 5.41) is 3.49. The highest BCUT2D eigenvalue weighted by atomic mass is 35.5. The van der Waals surface area contributed by atoms with Crippen LogP contribution in [0.3, 0.4) is 0 Å². The number of hydrogen-bond donors (Lipinski definition) is 1. The number of piperazine rings is 1. The summed E-state index contributed by atoms with van der Waals surface area (Å²) in [5.41, 5.74) is 2.53. The van der Waals surface area contributed by atoms with Crippen LogP contribution in [-0.2, 0) is 6.54 Å². The molecule has 2 aromatic heterocycles. The van der Waals surface area contributed by atoms with Gasteiger partial charge in [-0.15, -0.1) is 12.4 Å². The second-order valence-corrected chi connectivity index (χ2v) is 6.02. The van der Waals surface area contributed by atoms with E-state index < -0.39 is 0 Å². The molecule has 24 heavy (non-hydrogen) atoms. The van der Waals surface area contributed by atoms with Crippen LogP contribution in [0.5, 0.6) is 0 Å². The smallest absolute Gasteiger partial charge is 0.128 e. The molecule has 1 atom stereocenters. The zero-order chi connectivity index (χ0) is 16.1. The lowest BCUT2D eigenvalue weighted by Gasteiger charge is -2.36. The van der Waals surface area contributed by atoms with E-state index in [0.29, 0.717) is 6.04 Å². The Hall–Kier alpha value is -1.69. The summed E-state index contributed by atoms with van der Waals surface area (Å²) in [7, 11) is 2.07. The molecule has 0 bridgehead atoms. The van der Waals surface area contributed by atoms with Gasteiger partial charge < -0.3 is 10.2 Å². The summed E-state index contributed by atoms with van der Waals surface area (Å²) in [6.45, 7) is 7.05. The van der Waals surface area contributed by atoms with Gasteiger partial charge in [0.15, 0.2) is 0 Å². The van der Waals surface area contributed by atoms with Crippen molar-refractivity contribution in [3.63, 3.8) is 0 Å². The minimum absolute atomic E-state index is 0. The monoisotopic (exact) mass is 347 g/mol. The highest BCUT2D eigenvalue weighted by Crippen LogP contribution is 2.23. The molecule has 0 amide bonds. The van der Waals surface area contributed by atoms with E-state index in [1.165, 1.54) is 11.1 Å². The van der Waals surface area contributed by atoms with Crippen molar-refractivity contribution >= 4 is 18.2 Å². The third-order valence-electron chi connectivity index (χ3n) is 4.48. The van der Waals surface area contributed by atoms with Crippen LogP contribution < -0.4 is 10.2 Å². The van der Waals surface area contributed by atoms with Crippen molar-refractivity contribution in [2.24, 2.45) is 0 Å². The lowest BCUT2D eigenvalue weighted by molar-refractivity contribution is 0.153. The number of hydrogen-bond acceptors (Lipinski definition) is 5. The van der Waals surface area contributed by atoms with Crippen LogP contribution in [0.4, 0.5) is 5.82 Å². The van der Waals surface area contributed by atoms with Crippen molar-refractivity contribution in [2.75, 3.05) is 38.1 Å². The zero-order valence-electron chi connectivity index (χ0n) is 14.4. The van der Waals surface area contributed by atoms with Gasteiger partial charge in [-0.3, -0.25) is 9.88 Å². The van der Waals surface area contributed by atoms with Crippen LogP contribution in [0.15, 0.2) is 42.9 Å². The Morgan fingerprint density at radius 1 is 1.29 bits per heavy atom. The fourth-order valence-electron chi connectivity index (χ4n) is 2.97. The van der Waals surface area contributed by atoms with E-state index in [4.69, 9.17) is 0 Å². The maximum absolute atomic E-state index is 4.58. The fraction of sp³-hybridized carbons (Fsp3) is 0.444. The molecule has 1 unspecified atom stereocenters. The Bertz CT molecular complexity index is 605. The predicted octanol–water partition coefficient (Wildman–Crippen LogP) is 2.50. The quantitative estimate of drug-likeness (QED) is 0.900. The second kappa shape index (κ2) is 8.97. The van der Waals surface area contributed by atoms with E-state index in [2.05, 4.69) is 57.3 Å². The van der Waals surface area contributed by atoms with E-state index in [1.54, 1.807) is 0 Å². The SMILES string of the molecule is CCN(C)c1ccc(CN2CCNCC2c2cccnc2)cn1.Cl. The first kappa shape index (κ1) is 18.6. The molecule has 0 spiro atoms. The van der Waals surface area contributed by atoms with Crippen molar-refractivity contribution in [3.8, 4) is 0 Å². The van der Waals surface area contributed by atoms with Crippen LogP contribution in [0.2, 0.25) is 0 Å². The van der Waals surface area contributed by atoms with Crippen molar-refractivity contribution < 1.29 is 0 Å². The molecule has 2 aromatic rings. The molecule has 1 aliphatic heterocycles. The molecular formula is C18H26ClN5. The minimum Gasteiger partial charge on any atom is -0.360 e. The second-order valence-electron chi connectivity index (χ2n) is 6.02. The summed E-state index contributed by atoms with van der Waals surface area (Å²) < 4.78 is 0. The maximum Gasteiger partial charge on any atom is 0.128 e. The van der Waals surface area contributed by atoms with Gasteiger partial charge in [0.05, 0.1) is 0 Å². The van der Waals surface area contributed by atoms with Crippen LogP contribution in [0.1, 0.15) is 24.1 Å². The van der Waals surface area contributed by atoms with Gasteiger partial charge >= 0.3 is 0 Å². The van der Waals surface area contributed by atoms with Crippen molar-refractivity contribution in [1.82, 2.24) is 20.2 Å². The van der Waals surface area contributed by atoms with Crippen molar-refractivity contribution in [3.05, 3.63) is 54.0 Å². The van der Waals surface area contributed by atoms with Gasteiger partial charge in [-0.05, 0) is 30.2 Å². The van der Waals surface area contributed by atoms with Crippen molar-refractivity contribution in [1.29, 1.82) is 0 Å².